The van der Waals surface area contributed by atoms with Gasteiger partial charge in [0.1, 0.15) is 6.61 Å². The fourth-order valence-corrected chi connectivity index (χ4v) is 2.35. The molecule has 1 N–H and O–H groups in total. The lowest BCUT2D eigenvalue weighted by Gasteiger charge is -2.12. The van der Waals surface area contributed by atoms with Crippen LogP contribution in [0.5, 0.6) is 11.5 Å². The molecule has 0 aromatic heterocycles. The summed E-state index contributed by atoms with van der Waals surface area (Å²) in [6.45, 7) is 0.353. The van der Waals surface area contributed by atoms with Gasteiger partial charge in [0.25, 0.3) is 5.91 Å². The van der Waals surface area contributed by atoms with Crippen molar-refractivity contribution in [2.45, 2.75) is 6.61 Å². The molecule has 0 spiro atoms. The van der Waals surface area contributed by atoms with Gasteiger partial charge in [0.15, 0.2) is 11.5 Å². The van der Waals surface area contributed by atoms with Crippen LogP contribution in [0.4, 0.5) is 0 Å². The van der Waals surface area contributed by atoms with Crippen LogP contribution in [0.15, 0.2) is 48.5 Å². The summed E-state index contributed by atoms with van der Waals surface area (Å²) >= 11 is 0. The van der Waals surface area contributed by atoms with E-state index in [0.717, 1.165) is 11.8 Å². The van der Waals surface area contributed by atoms with E-state index in [2.05, 4.69) is 0 Å². The van der Waals surface area contributed by atoms with Crippen molar-refractivity contribution < 1.29 is 22.7 Å². The lowest BCUT2D eigenvalue weighted by atomic mass is 10.2. The molecule has 0 atom stereocenters. The highest BCUT2D eigenvalue weighted by Gasteiger charge is 2.14. The molecule has 0 aliphatic carbocycles. The Morgan fingerprint density at radius 3 is 2.39 bits per heavy atom. The molecule has 0 unspecified atom stereocenters. The quantitative estimate of drug-likeness (QED) is 0.873. The molecule has 2 aromatic carbocycles. The summed E-state index contributed by atoms with van der Waals surface area (Å²) in [5.74, 6) is 0.0924. The number of rotatable bonds is 6. The zero-order chi connectivity index (χ0) is 16.9. The topological polar surface area (TPSA) is 81.7 Å². The summed E-state index contributed by atoms with van der Waals surface area (Å²) in [5, 5.41) is 0. The largest absolute Gasteiger partial charge is 0.493 e. The molecule has 0 aliphatic heterocycles. The van der Waals surface area contributed by atoms with Gasteiger partial charge in [-0.2, -0.15) is 0 Å². The number of hydrogen-bond donors (Lipinski definition) is 1. The highest BCUT2D eigenvalue weighted by molar-refractivity contribution is 7.89. The van der Waals surface area contributed by atoms with Gasteiger partial charge in [-0.3, -0.25) is 4.79 Å². The Bertz CT molecular complexity index is 787. The first-order chi connectivity index (χ1) is 10.9. The number of carbonyl (C=O) groups excluding carboxylic acids is 1. The molecule has 0 aliphatic rings. The van der Waals surface area contributed by atoms with E-state index in [4.69, 9.17) is 9.47 Å². The van der Waals surface area contributed by atoms with Crippen LogP contribution < -0.4 is 14.2 Å². The highest BCUT2D eigenvalue weighted by Crippen LogP contribution is 2.28. The maximum Gasteiger partial charge on any atom is 0.264 e. The highest BCUT2D eigenvalue weighted by atomic mass is 32.2. The third-order valence-electron chi connectivity index (χ3n) is 2.94. The van der Waals surface area contributed by atoms with Gasteiger partial charge in [0.05, 0.1) is 13.4 Å². The fraction of sp³-hybridized carbons (Fsp3) is 0.188. The Labute approximate surface area is 135 Å². The van der Waals surface area contributed by atoms with Crippen molar-refractivity contribution in [3.05, 3.63) is 59.7 Å². The number of hydrogen-bond acceptors (Lipinski definition) is 5. The molecule has 0 heterocycles. The standard InChI is InChI=1S/C16H17NO5S/c1-21-15-10-13(16(18)17-23(2,19)20)8-9-14(15)22-11-12-6-4-3-5-7-12/h3-10H,11H2,1-2H3,(H,17,18). The van der Waals surface area contributed by atoms with E-state index in [1.807, 2.05) is 35.1 Å². The molecule has 0 saturated carbocycles. The van der Waals surface area contributed by atoms with Crippen LogP contribution >= 0.6 is 0 Å². The van der Waals surface area contributed by atoms with Gasteiger partial charge >= 0.3 is 0 Å². The van der Waals surface area contributed by atoms with E-state index in [-0.39, 0.29) is 5.56 Å². The molecule has 2 aromatic rings. The summed E-state index contributed by atoms with van der Waals surface area (Å²) < 4.78 is 35.0. The zero-order valence-electron chi connectivity index (χ0n) is 12.8. The molecule has 0 radical (unpaired) electrons. The second kappa shape index (κ2) is 7.15. The molecular formula is C16H17NO5S. The van der Waals surface area contributed by atoms with E-state index in [1.165, 1.54) is 19.2 Å². The van der Waals surface area contributed by atoms with Crippen molar-refractivity contribution in [3.63, 3.8) is 0 Å². The molecule has 6 nitrogen and oxygen atoms in total. The van der Waals surface area contributed by atoms with Crippen LogP contribution in [0, 0.1) is 0 Å². The molecule has 0 saturated heterocycles. The number of methoxy groups -OCH3 is 1. The van der Waals surface area contributed by atoms with Crippen molar-refractivity contribution in [2.24, 2.45) is 0 Å². The van der Waals surface area contributed by atoms with E-state index in [0.29, 0.717) is 18.1 Å². The van der Waals surface area contributed by atoms with Crippen LogP contribution in [0.2, 0.25) is 0 Å². The van der Waals surface area contributed by atoms with Gasteiger partial charge in [-0.05, 0) is 23.8 Å². The number of ether oxygens (including phenoxy) is 2. The van der Waals surface area contributed by atoms with E-state index in [9.17, 15) is 13.2 Å². The van der Waals surface area contributed by atoms with Crippen LogP contribution in [0.25, 0.3) is 0 Å². The third-order valence-corrected chi connectivity index (χ3v) is 3.50. The zero-order valence-corrected chi connectivity index (χ0v) is 13.6. The molecule has 2 rings (SSSR count). The molecule has 0 bridgehead atoms. The van der Waals surface area contributed by atoms with Gasteiger partial charge < -0.3 is 9.47 Å². The Morgan fingerprint density at radius 2 is 1.78 bits per heavy atom. The number of benzene rings is 2. The van der Waals surface area contributed by atoms with E-state index in [1.54, 1.807) is 6.07 Å². The van der Waals surface area contributed by atoms with Gasteiger partial charge in [0, 0.05) is 5.56 Å². The Morgan fingerprint density at radius 1 is 1.09 bits per heavy atom. The molecular weight excluding hydrogens is 318 g/mol. The predicted octanol–water partition coefficient (Wildman–Crippen LogP) is 1.96. The number of carbonyl (C=O) groups is 1. The van der Waals surface area contributed by atoms with Crippen LogP contribution in [0.3, 0.4) is 0 Å². The molecule has 122 valence electrons. The number of sulfonamides is 1. The Balaban J connectivity index is 2.14. The second-order valence-electron chi connectivity index (χ2n) is 4.84. The van der Waals surface area contributed by atoms with Crippen molar-refractivity contribution >= 4 is 15.9 Å². The van der Waals surface area contributed by atoms with Crippen molar-refractivity contribution in [2.75, 3.05) is 13.4 Å². The maximum absolute atomic E-state index is 11.8. The summed E-state index contributed by atoms with van der Waals surface area (Å²) in [5.41, 5.74) is 1.16. The number of nitrogens with one attached hydrogen (secondary N) is 1. The van der Waals surface area contributed by atoms with Gasteiger partial charge in [-0.25, -0.2) is 13.1 Å². The lowest BCUT2D eigenvalue weighted by Crippen LogP contribution is -2.29. The predicted molar refractivity (Wildman–Crippen MR) is 86.1 cm³/mol. The lowest BCUT2D eigenvalue weighted by molar-refractivity contribution is 0.0981. The van der Waals surface area contributed by atoms with Crippen LogP contribution in [0.1, 0.15) is 15.9 Å². The molecule has 1 amide bonds. The summed E-state index contributed by atoms with van der Waals surface area (Å²) in [6.07, 6.45) is 0.916. The Hall–Kier alpha value is -2.54. The average Bonchev–Trinajstić information content (AvgIpc) is 2.52. The van der Waals surface area contributed by atoms with Crippen molar-refractivity contribution in [1.82, 2.24) is 4.72 Å². The normalized spacial score (nSPS) is 10.9. The van der Waals surface area contributed by atoms with E-state index < -0.39 is 15.9 Å². The summed E-state index contributed by atoms with van der Waals surface area (Å²) in [6, 6.07) is 14.1. The summed E-state index contributed by atoms with van der Waals surface area (Å²) in [7, 11) is -2.17. The number of amides is 1. The van der Waals surface area contributed by atoms with Crippen molar-refractivity contribution in [3.8, 4) is 11.5 Å². The van der Waals surface area contributed by atoms with Gasteiger partial charge in [-0.1, -0.05) is 30.3 Å². The monoisotopic (exact) mass is 335 g/mol. The second-order valence-corrected chi connectivity index (χ2v) is 6.59. The minimum absolute atomic E-state index is 0.166. The first-order valence-electron chi connectivity index (χ1n) is 6.76. The average molecular weight is 335 g/mol. The molecule has 23 heavy (non-hydrogen) atoms. The van der Waals surface area contributed by atoms with Crippen LogP contribution in [-0.2, 0) is 16.6 Å². The minimum atomic E-state index is -3.62. The molecule has 7 heteroatoms. The smallest absolute Gasteiger partial charge is 0.264 e. The van der Waals surface area contributed by atoms with Crippen LogP contribution in [-0.4, -0.2) is 27.7 Å². The SMILES string of the molecule is COc1cc(C(=O)NS(C)(=O)=O)ccc1OCc1ccccc1. The van der Waals surface area contributed by atoms with Gasteiger partial charge in [-0.15, -0.1) is 0 Å². The molecule has 0 fully saturated rings. The Kier molecular flexibility index (Phi) is 5.23. The summed E-state index contributed by atoms with van der Waals surface area (Å²) in [4.78, 5) is 11.8. The maximum atomic E-state index is 11.8. The third kappa shape index (κ3) is 5.00. The van der Waals surface area contributed by atoms with Gasteiger partial charge in [0.2, 0.25) is 10.0 Å². The fourth-order valence-electron chi connectivity index (χ4n) is 1.89. The first-order valence-corrected chi connectivity index (χ1v) is 8.65. The van der Waals surface area contributed by atoms with E-state index >= 15 is 0 Å². The van der Waals surface area contributed by atoms with Crippen molar-refractivity contribution in [1.29, 1.82) is 0 Å². The minimum Gasteiger partial charge on any atom is -0.493 e. The first kappa shape index (κ1) is 16.8.